The molecule has 0 amide bonds. The van der Waals surface area contributed by atoms with Crippen molar-refractivity contribution < 1.29 is 14.1 Å². The third kappa shape index (κ3) is 2.86. The largest absolute Gasteiger partial charge is 0.496 e. The third-order valence-electron chi connectivity index (χ3n) is 3.22. The van der Waals surface area contributed by atoms with Crippen LogP contribution in [0, 0.1) is 15.9 Å². The number of nitrogens with one attached hydrogen (secondary N) is 1. The Kier molecular flexibility index (Phi) is 3.71. The number of nitro benzene ring substituents is 1. The van der Waals surface area contributed by atoms with Crippen LogP contribution in [0.4, 0.5) is 10.1 Å². The first kappa shape index (κ1) is 14.6. The van der Waals surface area contributed by atoms with Crippen LogP contribution in [0.5, 0.6) is 5.75 Å². The van der Waals surface area contributed by atoms with E-state index in [1.54, 1.807) is 12.1 Å². The van der Waals surface area contributed by atoms with E-state index in [0.717, 1.165) is 0 Å². The van der Waals surface area contributed by atoms with Crippen LogP contribution in [0.15, 0.2) is 42.5 Å². The van der Waals surface area contributed by atoms with Gasteiger partial charge < -0.3 is 4.74 Å². The maximum atomic E-state index is 13.3. The molecule has 8 heteroatoms. The molecule has 1 aromatic heterocycles. The van der Waals surface area contributed by atoms with Gasteiger partial charge in [0.05, 0.1) is 17.6 Å². The number of hydrogen-bond donors (Lipinski definition) is 1. The minimum atomic E-state index is -0.507. The number of nitrogens with zero attached hydrogens (tertiary/aromatic N) is 3. The van der Waals surface area contributed by atoms with E-state index in [4.69, 9.17) is 4.74 Å². The van der Waals surface area contributed by atoms with Crippen LogP contribution in [0.25, 0.3) is 22.8 Å². The van der Waals surface area contributed by atoms with Gasteiger partial charge in [-0.15, -0.1) is 0 Å². The van der Waals surface area contributed by atoms with Gasteiger partial charge in [0, 0.05) is 17.7 Å². The minimum Gasteiger partial charge on any atom is -0.496 e. The molecule has 3 aromatic rings. The summed E-state index contributed by atoms with van der Waals surface area (Å²) in [7, 11) is 1.45. The summed E-state index contributed by atoms with van der Waals surface area (Å²) in [6, 6.07) is 10.0. The fraction of sp³-hybridized carbons (Fsp3) is 0.0667. The van der Waals surface area contributed by atoms with Crippen molar-refractivity contribution in [2.75, 3.05) is 7.11 Å². The normalized spacial score (nSPS) is 10.5. The number of rotatable bonds is 4. The zero-order valence-corrected chi connectivity index (χ0v) is 12.0. The van der Waals surface area contributed by atoms with E-state index in [9.17, 15) is 14.5 Å². The summed E-state index contributed by atoms with van der Waals surface area (Å²) < 4.78 is 18.5. The molecule has 1 heterocycles. The predicted molar refractivity (Wildman–Crippen MR) is 80.4 cm³/mol. The first-order chi connectivity index (χ1) is 11.1. The molecule has 0 spiro atoms. The molecule has 0 atom stereocenters. The zero-order chi connectivity index (χ0) is 16.4. The van der Waals surface area contributed by atoms with E-state index in [0.29, 0.717) is 22.7 Å². The summed E-state index contributed by atoms with van der Waals surface area (Å²) in [6.07, 6.45) is 0. The van der Waals surface area contributed by atoms with Gasteiger partial charge in [-0.05, 0) is 18.2 Å². The van der Waals surface area contributed by atoms with Gasteiger partial charge in [-0.1, -0.05) is 12.1 Å². The van der Waals surface area contributed by atoms with E-state index >= 15 is 0 Å². The number of non-ortho nitro benzene ring substituents is 1. The van der Waals surface area contributed by atoms with Gasteiger partial charge in [-0.3, -0.25) is 15.2 Å². The second-order valence-electron chi connectivity index (χ2n) is 4.66. The number of nitro groups is 1. The lowest BCUT2D eigenvalue weighted by Gasteiger charge is -2.05. The molecule has 3 rings (SSSR count). The topological polar surface area (TPSA) is 93.9 Å². The Labute approximate surface area is 129 Å². The average Bonchev–Trinajstić information content (AvgIpc) is 3.04. The summed E-state index contributed by atoms with van der Waals surface area (Å²) in [5, 5.41) is 17.6. The van der Waals surface area contributed by atoms with Crippen molar-refractivity contribution >= 4 is 5.69 Å². The molecule has 0 aliphatic carbocycles. The number of benzene rings is 2. The SMILES string of the molecule is COc1ccc([N+](=O)[O-])cc1-c1nc(-c2cccc(F)c2)n[nH]1. The second-order valence-corrected chi connectivity index (χ2v) is 4.66. The fourth-order valence-electron chi connectivity index (χ4n) is 2.13. The Morgan fingerprint density at radius 1 is 1.26 bits per heavy atom. The molecule has 0 aliphatic heterocycles. The van der Waals surface area contributed by atoms with Crippen molar-refractivity contribution in [1.82, 2.24) is 15.2 Å². The molecule has 0 aliphatic rings. The Morgan fingerprint density at radius 2 is 2.09 bits per heavy atom. The lowest BCUT2D eigenvalue weighted by molar-refractivity contribution is -0.384. The number of hydrogen-bond acceptors (Lipinski definition) is 5. The van der Waals surface area contributed by atoms with Gasteiger partial charge in [0.25, 0.3) is 5.69 Å². The summed E-state index contributed by atoms with van der Waals surface area (Å²) in [5.74, 6) is 0.595. The van der Waals surface area contributed by atoms with Crippen molar-refractivity contribution in [3.05, 3.63) is 58.4 Å². The van der Waals surface area contributed by atoms with Crippen LogP contribution in [0.3, 0.4) is 0 Å². The highest BCUT2D eigenvalue weighted by molar-refractivity contribution is 5.69. The molecule has 0 radical (unpaired) electrons. The number of halogens is 1. The zero-order valence-electron chi connectivity index (χ0n) is 12.0. The standard InChI is InChI=1S/C15H11FN4O3/c1-23-13-6-5-11(20(21)22)8-12(13)15-17-14(18-19-15)9-3-2-4-10(16)7-9/h2-8H,1H3,(H,17,18,19). The molecule has 1 N–H and O–H groups in total. The molecule has 0 bridgehead atoms. The van der Waals surface area contributed by atoms with Crippen LogP contribution in [-0.2, 0) is 0 Å². The molecule has 0 saturated carbocycles. The maximum Gasteiger partial charge on any atom is 0.270 e. The average molecular weight is 314 g/mol. The monoisotopic (exact) mass is 314 g/mol. The van der Waals surface area contributed by atoms with E-state index in [2.05, 4.69) is 15.2 Å². The highest BCUT2D eigenvalue weighted by Gasteiger charge is 2.16. The van der Waals surface area contributed by atoms with Crippen molar-refractivity contribution in [3.8, 4) is 28.5 Å². The lowest BCUT2D eigenvalue weighted by Crippen LogP contribution is -1.93. The van der Waals surface area contributed by atoms with Crippen LogP contribution >= 0.6 is 0 Å². The van der Waals surface area contributed by atoms with Gasteiger partial charge >= 0.3 is 0 Å². The molecule has 116 valence electrons. The molecule has 7 nitrogen and oxygen atoms in total. The van der Waals surface area contributed by atoms with Gasteiger partial charge in [0.2, 0.25) is 0 Å². The summed E-state index contributed by atoms with van der Waals surface area (Å²) in [5.41, 5.74) is 0.804. The Bertz CT molecular complexity index is 879. The van der Waals surface area contributed by atoms with Crippen LogP contribution in [-0.4, -0.2) is 27.2 Å². The molecule has 0 unspecified atom stereocenters. The minimum absolute atomic E-state index is 0.0931. The molecular weight excluding hydrogens is 303 g/mol. The van der Waals surface area contributed by atoms with Gasteiger partial charge in [0.1, 0.15) is 11.6 Å². The van der Waals surface area contributed by atoms with E-state index in [1.807, 2.05) is 0 Å². The molecule has 0 fully saturated rings. The summed E-state index contributed by atoms with van der Waals surface area (Å²) in [6.45, 7) is 0. The Hall–Kier alpha value is -3.29. The quantitative estimate of drug-likeness (QED) is 0.589. The first-order valence-corrected chi connectivity index (χ1v) is 6.59. The maximum absolute atomic E-state index is 13.3. The Morgan fingerprint density at radius 3 is 2.78 bits per heavy atom. The first-order valence-electron chi connectivity index (χ1n) is 6.59. The number of aromatic amines is 1. The van der Waals surface area contributed by atoms with Crippen LogP contribution in [0.1, 0.15) is 0 Å². The second kappa shape index (κ2) is 5.84. The smallest absolute Gasteiger partial charge is 0.270 e. The number of methoxy groups -OCH3 is 1. The predicted octanol–water partition coefficient (Wildman–Crippen LogP) is 3.19. The van der Waals surface area contributed by atoms with Gasteiger partial charge in [-0.25, -0.2) is 9.37 Å². The third-order valence-corrected chi connectivity index (χ3v) is 3.22. The highest BCUT2D eigenvalue weighted by Crippen LogP contribution is 2.32. The van der Waals surface area contributed by atoms with Gasteiger partial charge in [0.15, 0.2) is 11.6 Å². The molecule has 2 aromatic carbocycles. The number of H-pyrrole nitrogens is 1. The van der Waals surface area contributed by atoms with Crippen molar-refractivity contribution in [2.24, 2.45) is 0 Å². The number of ether oxygens (including phenoxy) is 1. The molecule has 23 heavy (non-hydrogen) atoms. The molecule has 0 saturated heterocycles. The van der Waals surface area contributed by atoms with Crippen molar-refractivity contribution in [3.63, 3.8) is 0 Å². The van der Waals surface area contributed by atoms with E-state index in [-0.39, 0.29) is 11.5 Å². The Balaban J connectivity index is 2.06. The van der Waals surface area contributed by atoms with Crippen LogP contribution < -0.4 is 4.74 Å². The summed E-state index contributed by atoms with van der Waals surface area (Å²) >= 11 is 0. The van der Waals surface area contributed by atoms with Crippen molar-refractivity contribution in [1.29, 1.82) is 0 Å². The fourth-order valence-corrected chi connectivity index (χ4v) is 2.13. The molecular formula is C15H11FN4O3. The van der Waals surface area contributed by atoms with E-state index in [1.165, 1.54) is 37.4 Å². The van der Waals surface area contributed by atoms with Crippen LogP contribution in [0.2, 0.25) is 0 Å². The van der Waals surface area contributed by atoms with E-state index < -0.39 is 10.7 Å². The van der Waals surface area contributed by atoms with Gasteiger partial charge in [-0.2, -0.15) is 5.10 Å². The lowest BCUT2D eigenvalue weighted by atomic mass is 10.1. The summed E-state index contributed by atoms with van der Waals surface area (Å²) in [4.78, 5) is 14.7. The number of aromatic nitrogens is 3. The van der Waals surface area contributed by atoms with Crippen molar-refractivity contribution in [2.45, 2.75) is 0 Å². The highest BCUT2D eigenvalue weighted by atomic mass is 19.1.